The Hall–Kier alpha value is -0.930. The van der Waals surface area contributed by atoms with E-state index in [9.17, 15) is 0 Å². The Morgan fingerprint density at radius 2 is 2.32 bits per heavy atom. The number of nitrogens with zero attached hydrogens (tertiary/aromatic N) is 2. The monoisotopic (exact) mass is 261 g/mol. The summed E-state index contributed by atoms with van der Waals surface area (Å²) >= 11 is 0. The third-order valence-corrected chi connectivity index (χ3v) is 4.14. The van der Waals surface area contributed by atoms with Crippen LogP contribution in [0.15, 0.2) is 18.5 Å². The topological polar surface area (TPSA) is 28.2 Å². The molecule has 1 unspecified atom stereocenters. The molecule has 1 atom stereocenters. The summed E-state index contributed by atoms with van der Waals surface area (Å²) in [5.74, 6) is 0.799. The highest BCUT2D eigenvalue weighted by Gasteiger charge is 2.19. The minimum Gasteiger partial charge on any atom is -0.316 e. The molecule has 3 nitrogen and oxygen atoms in total. The van der Waals surface area contributed by atoms with E-state index in [0.717, 1.165) is 12.5 Å². The van der Waals surface area contributed by atoms with E-state index in [2.05, 4.69) is 42.0 Å². The molecule has 1 aromatic heterocycles. The zero-order valence-corrected chi connectivity index (χ0v) is 12.5. The van der Waals surface area contributed by atoms with Gasteiger partial charge in [0.2, 0.25) is 0 Å². The van der Waals surface area contributed by atoms with Gasteiger partial charge in [-0.2, -0.15) is 0 Å². The predicted molar refractivity (Wildman–Crippen MR) is 80.1 cm³/mol. The lowest BCUT2D eigenvalue weighted by molar-refractivity contribution is 0.163. The molecule has 0 saturated carbocycles. The third kappa shape index (κ3) is 4.29. The van der Waals surface area contributed by atoms with Gasteiger partial charge < -0.3 is 5.32 Å². The van der Waals surface area contributed by atoms with Crippen LogP contribution in [0.1, 0.15) is 37.8 Å². The van der Waals surface area contributed by atoms with Gasteiger partial charge in [-0.25, -0.2) is 0 Å². The van der Waals surface area contributed by atoms with Crippen molar-refractivity contribution in [3.63, 3.8) is 0 Å². The van der Waals surface area contributed by atoms with Crippen LogP contribution in [0.5, 0.6) is 0 Å². The highest BCUT2D eigenvalue weighted by molar-refractivity contribution is 5.21. The van der Waals surface area contributed by atoms with E-state index in [1.165, 1.54) is 43.6 Å². The van der Waals surface area contributed by atoms with Crippen LogP contribution in [0.4, 0.5) is 0 Å². The van der Waals surface area contributed by atoms with E-state index in [-0.39, 0.29) is 0 Å². The van der Waals surface area contributed by atoms with Crippen LogP contribution in [0.3, 0.4) is 0 Å². The van der Waals surface area contributed by atoms with Crippen molar-refractivity contribution in [1.82, 2.24) is 15.2 Å². The number of aromatic nitrogens is 1. The second-order valence-electron chi connectivity index (χ2n) is 6.04. The molecule has 2 heterocycles. The summed E-state index contributed by atoms with van der Waals surface area (Å²) in [6.07, 6.45) is 6.58. The molecule has 0 bridgehead atoms. The van der Waals surface area contributed by atoms with Gasteiger partial charge in [0.25, 0.3) is 0 Å². The van der Waals surface area contributed by atoms with Crippen molar-refractivity contribution in [2.45, 2.75) is 46.2 Å². The van der Waals surface area contributed by atoms with Gasteiger partial charge in [-0.1, -0.05) is 0 Å². The van der Waals surface area contributed by atoms with Crippen LogP contribution in [-0.2, 0) is 6.54 Å². The predicted octanol–water partition coefficient (Wildman–Crippen LogP) is 2.60. The second kappa shape index (κ2) is 7.01. The molecule has 1 N–H and O–H groups in total. The maximum Gasteiger partial charge on any atom is 0.0315 e. The number of hydrogen-bond donors (Lipinski definition) is 1. The molecule has 1 aliphatic heterocycles. The molecule has 1 aromatic rings. The molecular weight excluding hydrogens is 234 g/mol. The highest BCUT2D eigenvalue weighted by atomic mass is 15.1. The van der Waals surface area contributed by atoms with Crippen molar-refractivity contribution in [3.05, 3.63) is 29.6 Å². The molecule has 0 aromatic carbocycles. The Morgan fingerprint density at radius 3 is 2.95 bits per heavy atom. The lowest BCUT2D eigenvalue weighted by atomic mass is 9.98. The van der Waals surface area contributed by atoms with Gasteiger partial charge >= 0.3 is 0 Å². The molecule has 1 aliphatic rings. The molecule has 0 spiro atoms. The van der Waals surface area contributed by atoms with Crippen molar-refractivity contribution in [2.75, 3.05) is 19.6 Å². The summed E-state index contributed by atoms with van der Waals surface area (Å²) in [5, 5.41) is 3.52. The van der Waals surface area contributed by atoms with Gasteiger partial charge in [-0.3, -0.25) is 9.88 Å². The Morgan fingerprint density at radius 1 is 1.47 bits per heavy atom. The van der Waals surface area contributed by atoms with Gasteiger partial charge in [0.05, 0.1) is 0 Å². The largest absolute Gasteiger partial charge is 0.316 e. The Balaban J connectivity index is 1.97. The fourth-order valence-electron chi connectivity index (χ4n) is 2.75. The molecule has 106 valence electrons. The van der Waals surface area contributed by atoms with E-state index >= 15 is 0 Å². The quantitative estimate of drug-likeness (QED) is 0.883. The van der Waals surface area contributed by atoms with Gasteiger partial charge in [0, 0.05) is 31.5 Å². The lowest BCUT2D eigenvalue weighted by Crippen LogP contribution is -2.40. The zero-order chi connectivity index (χ0) is 13.7. The molecule has 3 heteroatoms. The Bertz CT molecular complexity index is 383. The number of nitrogens with one attached hydrogen (secondary N) is 1. The van der Waals surface area contributed by atoms with Crippen LogP contribution in [0.2, 0.25) is 0 Å². The first-order chi connectivity index (χ1) is 9.16. The molecule has 1 fully saturated rings. The second-order valence-corrected chi connectivity index (χ2v) is 6.04. The maximum atomic E-state index is 4.27. The van der Waals surface area contributed by atoms with E-state index in [0.29, 0.717) is 6.04 Å². The molecule has 0 aliphatic carbocycles. The maximum absolute atomic E-state index is 4.27. The summed E-state index contributed by atoms with van der Waals surface area (Å²) in [7, 11) is 0. The molecule has 1 saturated heterocycles. The fraction of sp³-hybridized carbons (Fsp3) is 0.688. The van der Waals surface area contributed by atoms with Crippen molar-refractivity contribution >= 4 is 0 Å². The number of hydrogen-bond acceptors (Lipinski definition) is 3. The van der Waals surface area contributed by atoms with E-state index < -0.39 is 0 Å². The lowest BCUT2D eigenvalue weighted by Gasteiger charge is -2.33. The minimum atomic E-state index is 0.585. The van der Waals surface area contributed by atoms with Crippen LogP contribution >= 0.6 is 0 Å². The minimum absolute atomic E-state index is 0.585. The fourth-order valence-corrected chi connectivity index (χ4v) is 2.75. The highest BCUT2D eigenvalue weighted by Crippen LogP contribution is 2.17. The average Bonchev–Trinajstić information content (AvgIpc) is 2.41. The zero-order valence-electron chi connectivity index (χ0n) is 12.5. The number of piperidine rings is 1. The summed E-state index contributed by atoms with van der Waals surface area (Å²) in [6, 6.07) is 2.69. The van der Waals surface area contributed by atoms with Gasteiger partial charge in [-0.05, 0) is 69.8 Å². The number of rotatable bonds is 5. The Kier molecular flexibility index (Phi) is 5.34. The smallest absolute Gasteiger partial charge is 0.0315 e. The first-order valence-corrected chi connectivity index (χ1v) is 7.51. The summed E-state index contributed by atoms with van der Waals surface area (Å²) in [5.41, 5.74) is 2.71. The van der Waals surface area contributed by atoms with Crippen LogP contribution in [0.25, 0.3) is 0 Å². The first-order valence-electron chi connectivity index (χ1n) is 7.51. The van der Waals surface area contributed by atoms with Gasteiger partial charge in [-0.15, -0.1) is 0 Å². The van der Waals surface area contributed by atoms with Gasteiger partial charge in [0.15, 0.2) is 0 Å². The standard InChI is InChI=1S/C16H27N3/c1-13(2)19(11-15-5-4-7-17-9-15)12-16-10-18-8-6-14(16)3/h6,8,10,13,15,17H,4-5,7,9,11-12H2,1-3H3. The first kappa shape index (κ1) is 14.5. The summed E-state index contributed by atoms with van der Waals surface area (Å²) in [4.78, 5) is 6.85. The SMILES string of the molecule is Cc1ccncc1CN(CC1CCCNC1)C(C)C. The third-order valence-electron chi connectivity index (χ3n) is 4.14. The molecule has 0 radical (unpaired) electrons. The van der Waals surface area contributed by atoms with Crippen LogP contribution in [-0.4, -0.2) is 35.6 Å². The van der Waals surface area contributed by atoms with Crippen molar-refractivity contribution in [1.29, 1.82) is 0 Å². The molecule has 19 heavy (non-hydrogen) atoms. The van der Waals surface area contributed by atoms with Crippen LogP contribution in [0, 0.1) is 12.8 Å². The van der Waals surface area contributed by atoms with E-state index in [1.54, 1.807) is 0 Å². The molecule has 2 rings (SSSR count). The van der Waals surface area contributed by atoms with E-state index in [1.807, 2.05) is 12.4 Å². The molecule has 0 amide bonds. The molecular formula is C16H27N3. The average molecular weight is 261 g/mol. The van der Waals surface area contributed by atoms with E-state index in [4.69, 9.17) is 0 Å². The number of pyridine rings is 1. The summed E-state index contributed by atoms with van der Waals surface area (Å²) in [6.45, 7) is 11.4. The van der Waals surface area contributed by atoms with Crippen molar-refractivity contribution in [3.8, 4) is 0 Å². The normalized spacial score (nSPS) is 20.2. The van der Waals surface area contributed by atoms with Gasteiger partial charge in [0.1, 0.15) is 0 Å². The number of aryl methyl sites for hydroxylation is 1. The Labute approximate surface area is 117 Å². The van der Waals surface area contributed by atoms with Crippen molar-refractivity contribution < 1.29 is 0 Å². The summed E-state index contributed by atoms with van der Waals surface area (Å²) < 4.78 is 0. The van der Waals surface area contributed by atoms with Crippen molar-refractivity contribution in [2.24, 2.45) is 5.92 Å². The van der Waals surface area contributed by atoms with Crippen LogP contribution < -0.4 is 5.32 Å².